The van der Waals surface area contributed by atoms with Crippen LogP contribution in [0.5, 0.6) is 11.5 Å². The van der Waals surface area contributed by atoms with Crippen LogP contribution in [-0.4, -0.2) is 55.8 Å². The highest BCUT2D eigenvalue weighted by Gasteiger charge is 2.58. The standard InChI is InChI=1S/C35H38O7/c1-18-10-24(42-29-17-41-34-28(38-4)16-40-35(29)34)11-19(2)31(18)22-7-5-6-21(12-22)15-39-23-8-9-25-26(13-23)32-20(3)33(32)27(25)14-30(36)37/h5-13,20,27-29,32-35H,14-17H2,1-4H3,(H,36,37). The van der Waals surface area contributed by atoms with Gasteiger partial charge in [-0.25, -0.2) is 0 Å². The number of benzene rings is 3. The van der Waals surface area contributed by atoms with Gasteiger partial charge in [0.2, 0.25) is 0 Å². The molecule has 3 aromatic carbocycles. The largest absolute Gasteiger partial charge is 0.489 e. The summed E-state index contributed by atoms with van der Waals surface area (Å²) in [5.41, 5.74) is 8.17. The number of methoxy groups -OCH3 is 1. The van der Waals surface area contributed by atoms with Gasteiger partial charge in [-0.05, 0) is 107 Å². The Hall–Kier alpha value is -3.39. The van der Waals surface area contributed by atoms with Crippen LogP contribution in [-0.2, 0) is 25.6 Å². The summed E-state index contributed by atoms with van der Waals surface area (Å²) in [6.45, 7) is 7.95. The van der Waals surface area contributed by atoms with E-state index in [0.717, 1.165) is 33.8 Å². The van der Waals surface area contributed by atoms with Gasteiger partial charge in [0.05, 0.1) is 19.6 Å². The van der Waals surface area contributed by atoms with E-state index in [1.165, 1.54) is 16.7 Å². The van der Waals surface area contributed by atoms with E-state index >= 15 is 0 Å². The molecule has 0 bridgehead atoms. The number of carbonyl (C=O) groups is 1. The van der Waals surface area contributed by atoms with Gasteiger partial charge in [-0.15, -0.1) is 0 Å². The fourth-order valence-corrected chi connectivity index (χ4v) is 7.85. The lowest BCUT2D eigenvalue weighted by Gasteiger charge is -2.20. The van der Waals surface area contributed by atoms with Crippen molar-refractivity contribution in [2.45, 2.75) is 70.1 Å². The minimum absolute atomic E-state index is 0.0428. The van der Waals surface area contributed by atoms with E-state index in [-0.39, 0.29) is 36.8 Å². The molecule has 2 heterocycles. The Morgan fingerprint density at radius 2 is 1.67 bits per heavy atom. The van der Waals surface area contributed by atoms with Crippen molar-refractivity contribution >= 4 is 5.97 Å². The SMILES string of the molecule is COC1COC2C(Oc3cc(C)c(-c4cccc(COc5ccc6c(c5)C5C(C)C5C6CC(=O)O)c4)c(C)c3)COC12. The maximum absolute atomic E-state index is 11.4. The van der Waals surface area contributed by atoms with E-state index < -0.39 is 5.97 Å². The minimum Gasteiger partial charge on any atom is -0.489 e. The number of carboxylic acids is 1. The predicted molar refractivity (Wildman–Crippen MR) is 157 cm³/mol. The number of hydrogen-bond acceptors (Lipinski definition) is 6. The topological polar surface area (TPSA) is 83.5 Å². The smallest absolute Gasteiger partial charge is 0.303 e. The second kappa shape index (κ2) is 10.7. The van der Waals surface area contributed by atoms with Crippen LogP contribution in [0.25, 0.3) is 11.1 Å². The maximum atomic E-state index is 11.4. The lowest BCUT2D eigenvalue weighted by molar-refractivity contribution is -0.137. The van der Waals surface area contributed by atoms with E-state index in [2.05, 4.69) is 69.3 Å². The van der Waals surface area contributed by atoms with Gasteiger partial charge in [0.1, 0.15) is 36.4 Å². The molecule has 1 saturated carbocycles. The summed E-state index contributed by atoms with van der Waals surface area (Å²) in [5, 5.41) is 9.40. The van der Waals surface area contributed by atoms with Gasteiger partial charge in [-0.1, -0.05) is 31.2 Å². The number of rotatable bonds is 9. The Morgan fingerprint density at radius 3 is 2.40 bits per heavy atom. The molecule has 7 rings (SSSR count). The molecule has 3 fully saturated rings. The quantitative estimate of drug-likeness (QED) is 0.336. The summed E-state index contributed by atoms with van der Waals surface area (Å²) in [4.78, 5) is 11.4. The number of ether oxygens (including phenoxy) is 5. The zero-order chi connectivity index (χ0) is 29.1. The first kappa shape index (κ1) is 27.4. The molecule has 4 aliphatic rings. The Morgan fingerprint density at radius 1 is 0.929 bits per heavy atom. The predicted octanol–water partition coefficient (Wildman–Crippen LogP) is 6.03. The summed E-state index contributed by atoms with van der Waals surface area (Å²) in [7, 11) is 1.69. The van der Waals surface area contributed by atoms with Crippen LogP contribution in [0.1, 0.15) is 53.0 Å². The Labute approximate surface area is 246 Å². The highest BCUT2D eigenvalue weighted by atomic mass is 16.6. The van der Waals surface area contributed by atoms with Gasteiger partial charge in [0.25, 0.3) is 0 Å². The molecule has 2 aliphatic heterocycles. The van der Waals surface area contributed by atoms with Crippen molar-refractivity contribution in [3.8, 4) is 22.6 Å². The van der Waals surface area contributed by atoms with Gasteiger partial charge in [-0.3, -0.25) is 4.79 Å². The minimum atomic E-state index is -0.723. The number of carboxylic acid groups (broad SMARTS) is 1. The number of fused-ring (bicyclic) bond motifs is 4. The van der Waals surface area contributed by atoms with Gasteiger partial charge >= 0.3 is 5.97 Å². The van der Waals surface area contributed by atoms with Crippen LogP contribution in [0.4, 0.5) is 0 Å². The number of aliphatic carboxylic acids is 1. The van der Waals surface area contributed by atoms with Crippen LogP contribution in [0, 0.1) is 25.7 Å². The van der Waals surface area contributed by atoms with Crippen molar-refractivity contribution in [1.29, 1.82) is 0 Å². The average Bonchev–Trinajstić information content (AvgIpc) is 3.25. The molecular weight excluding hydrogens is 532 g/mol. The first-order valence-electron chi connectivity index (χ1n) is 14.9. The molecule has 2 saturated heterocycles. The summed E-state index contributed by atoms with van der Waals surface area (Å²) >= 11 is 0. The first-order valence-corrected chi connectivity index (χ1v) is 14.9. The molecule has 8 atom stereocenters. The molecule has 1 N–H and O–H groups in total. The zero-order valence-corrected chi connectivity index (χ0v) is 24.5. The van der Waals surface area contributed by atoms with E-state index in [9.17, 15) is 9.90 Å². The van der Waals surface area contributed by atoms with Crippen LogP contribution in [0.15, 0.2) is 54.6 Å². The average molecular weight is 571 g/mol. The highest BCUT2D eigenvalue weighted by Crippen LogP contribution is 2.68. The molecule has 7 heteroatoms. The van der Waals surface area contributed by atoms with Gasteiger partial charge in [0, 0.05) is 7.11 Å². The molecule has 8 unspecified atom stereocenters. The van der Waals surface area contributed by atoms with Crippen molar-refractivity contribution in [3.05, 3.63) is 82.4 Å². The maximum Gasteiger partial charge on any atom is 0.303 e. The Balaban J connectivity index is 1.04. The van der Waals surface area contributed by atoms with Crippen LogP contribution in [0.2, 0.25) is 0 Å². The van der Waals surface area contributed by atoms with Crippen molar-refractivity contribution in [2.75, 3.05) is 20.3 Å². The third kappa shape index (κ3) is 4.77. The lowest BCUT2D eigenvalue weighted by atomic mass is 9.91. The van der Waals surface area contributed by atoms with Crippen LogP contribution < -0.4 is 9.47 Å². The van der Waals surface area contributed by atoms with Crippen molar-refractivity contribution in [3.63, 3.8) is 0 Å². The van der Waals surface area contributed by atoms with E-state index in [1.807, 2.05) is 6.07 Å². The number of aryl methyl sites for hydroxylation is 2. The molecule has 0 amide bonds. The summed E-state index contributed by atoms with van der Waals surface area (Å²) in [6.07, 6.45) is -0.184. The molecule has 42 heavy (non-hydrogen) atoms. The van der Waals surface area contributed by atoms with Gasteiger partial charge in [0.15, 0.2) is 6.10 Å². The van der Waals surface area contributed by atoms with Gasteiger partial charge in [-0.2, -0.15) is 0 Å². The van der Waals surface area contributed by atoms with Crippen molar-refractivity contribution in [1.82, 2.24) is 0 Å². The van der Waals surface area contributed by atoms with Crippen molar-refractivity contribution in [2.24, 2.45) is 11.8 Å². The first-order chi connectivity index (χ1) is 20.3. The molecule has 0 spiro atoms. The summed E-state index contributed by atoms with van der Waals surface area (Å²) in [5.74, 6) is 2.51. The summed E-state index contributed by atoms with van der Waals surface area (Å²) in [6, 6.07) is 18.9. The Kier molecular flexibility index (Phi) is 7.00. The fourth-order valence-electron chi connectivity index (χ4n) is 7.85. The highest BCUT2D eigenvalue weighted by molar-refractivity contribution is 5.72. The third-order valence-electron chi connectivity index (χ3n) is 9.80. The van der Waals surface area contributed by atoms with Crippen molar-refractivity contribution < 1.29 is 33.6 Å². The fraction of sp³-hybridized carbons (Fsp3) is 0.457. The van der Waals surface area contributed by atoms with Crippen LogP contribution >= 0.6 is 0 Å². The monoisotopic (exact) mass is 570 g/mol. The zero-order valence-electron chi connectivity index (χ0n) is 24.5. The molecule has 220 valence electrons. The molecule has 0 radical (unpaired) electrons. The second-order valence-electron chi connectivity index (χ2n) is 12.4. The van der Waals surface area contributed by atoms with E-state index in [0.29, 0.717) is 37.6 Å². The second-order valence-corrected chi connectivity index (χ2v) is 12.4. The van der Waals surface area contributed by atoms with Crippen LogP contribution in [0.3, 0.4) is 0 Å². The molecular formula is C35H38O7. The Bertz CT molecular complexity index is 1490. The summed E-state index contributed by atoms with van der Waals surface area (Å²) < 4.78 is 30.0. The molecule has 0 aromatic heterocycles. The van der Waals surface area contributed by atoms with Gasteiger partial charge < -0.3 is 28.8 Å². The normalized spacial score (nSPS) is 30.5. The molecule has 2 aliphatic carbocycles. The van der Waals surface area contributed by atoms with E-state index in [4.69, 9.17) is 23.7 Å². The lowest BCUT2D eigenvalue weighted by Crippen LogP contribution is -2.35. The third-order valence-corrected chi connectivity index (χ3v) is 9.80. The van der Waals surface area contributed by atoms with E-state index in [1.54, 1.807) is 7.11 Å². The molecule has 3 aromatic rings. The number of hydrogen-bond donors (Lipinski definition) is 1. The molecule has 7 nitrogen and oxygen atoms in total.